The van der Waals surface area contributed by atoms with E-state index in [-0.39, 0.29) is 5.91 Å². The van der Waals surface area contributed by atoms with Crippen molar-refractivity contribution in [2.45, 2.75) is 27.3 Å². The maximum atomic E-state index is 11.8. The summed E-state index contributed by atoms with van der Waals surface area (Å²) in [5.41, 5.74) is 4.22. The highest BCUT2D eigenvalue weighted by molar-refractivity contribution is 7.10. The molecule has 106 valence electrons. The molecule has 0 atom stereocenters. The molecule has 5 heteroatoms. The summed E-state index contributed by atoms with van der Waals surface area (Å²) in [5.74, 6) is -0.0829. The fourth-order valence-corrected chi connectivity index (χ4v) is 2.85. The average Bonchev–Trinajstić information content (AvgIpc) is 2.91. The maximum absolute atomic E-state index is 11.8. The van der Waals surface area contributed by atoms with Gasteiger partial charge in [-0.2, -0.15) is 5.10 Å². The van der Waals surface area contributed by atoms with Crippen LogP contribution in [0.4, 0.5) is 0 Å². The van der Waals surface area contributed by atoms with E-state index in [0.29, 0.717) is 6.54 Å². The zero-order valence-electron chi connectivity index (χ0n) is 12.2. The molecule has 0 saturated heterocycles. The summed E-state index contributed by atoms with van der Waals surface area (Å²) in [5, 5.41) is 9.26. The molecule has 2 aromatic rings. The van der Waals surface area contributed by atoms with Crippen LogP contribution in [0.5, 0.6) is 0 Å². The van der Waals surface area contributed by atoms with E-state index in [0.717, 1.165) is 17.0 Å². The Bertz CT molecular complexity index is 652. The van der Waals surface area contributed by atoms with Gasteiger partial charge < -0.3 is 5.32 Å². The summed E-state index contributed by atoms with van der Waals surface area (Å²) in [7, 11) is 1.90. The van der Waals surface area contributed by atoms with Crippen LogP contribution in [0, 0.1) is 20.8 Å². The van der Waals surface area contributed by atoms with Crippen molar-refractivity contribution in [2.24, 2.45) is 7.05 Å². The summed E-state index contributed by atoms with van der Waals surface area (Å²) in [6, 6.07) is 2.06. The Morgan fingerprint density at radius 1 is 1.45 bits per heavy atom. The second-order valence-electron chi connectivity index (χ2n) is 4.79. The predicted octanol–water partition coefficient (Wildman–Crippen LogP) is 2.74. The fourth-order valence-electron chi connectivity index (χ4n) is 2.00. The van der Waals surface area contributed by atoms with Crippen LogP contribution in [0.1, 0.15) is 27.4 Å². The van der Waals surface area contributed by atoms with Crippen LogP contribution in [0.2, 0.25) is 0 Å². The molecule has 2 aromatic heterocycles. The average molecular weight is 289 g/mol. The van der Waals surface area contributed by atoms with Crippen molar-refractivity contribution in [2.75, 3.05) is 0 Å². The minimum atomic E-state index is -0.0829. The van der Waals surface area contributed by atoms with Crippen molar-refractivity contribution in [3.8, 4) is 0 Å². The van der Waals surface area contributed by atoms with E-state index in [4.69, 9.17) is 0 Å². The Morgan fingerprint density at radius 3 is 2.75 bits per heavy atom. The number of hydrogen-bond donors (Lipinski definition) is 1. The maximum Gasteiger partial charge on any atom is 0.244 e. The topological polar surface area (TPSA) is 46.9 Å². The summed E-state index contributed by atoms with van der Waals surface area (Å²) in [6.45, 7) is 6.57. The highest BCUT2D eigenvalue weighted by Crippen LogP contribution is 2.15. The molecular formula is C15H19N3OS. The number of carbonyl (C=O) groups is 1. The monoisotopic (exact) mass is 289 g/mol. The summed E-state index contributed by atoms with van der Waals surface area (Å²) in [6.07, 6.45) is 3.40. The molecule has 0 saturated carbocycles. The van der Waals surface area contributed by atoms with Crippen molar-refractivity contribution in [1.82, 2.24) is 15.1 Å². The van der Waals surface area contributed by atoms with E-state index in [2.05, 4.69) is 23.4 Å². The van der Waals surface area contributed by atoms with Gasteiger partial charge in [-0.3, -0.25) is 9.48 Å². The largest absolute Gasteiger partial charge is 0.348 e. The smallest absolute Gasteiger partial charge is 0.244 e. The van der Waals surface area contributed by atoms with Crippen LogP contribution in [-0.2, 0) is 18.4 Å². The highest BCUT2D eigenvalue weighted by Gasteiger charge is 2.06. The minimum absolute atomic E-state index is 0.0829. The first-order valence-electron chi connectivity index (χ1n) is 6.48. The van der Waals surface area contributed by atoms with Crippen molar-refractivity contribution in [3.05, 3.63) is 44.9 Å². The third kappa shape index (κ3) is 3.17. The second kappa shape index (κ2) is 6.05. The quantitative estimate of drug-likeness (QED) is 0.880. The molecule has 0 radical (unpaired) electrons. The van der Waals surface area contributed by atoms with Crippen LogP contribution in [0.15, 0.2) is 17.5 Å². The first kappa shape index (κ1) is 14.5. The molecule has 0 aliphatic carbocycles. The fraction of sp³-hybridized carbons (Fsp3) is 0.333. The van der Waals surface area contributed by atoms with Gasteiger partial charge in [0.1, 0.15) is 0 Å². The van der Waals surface area contributed by atoms with Gasteiger partial charge in [0.15, 0.2) is 0 Å². The van der Waals surface area contributed by atoms with E-state index in [9.17, 15) is 4.79 Å². The first-order valence-corrected chi connectivity index (χ1v) is 7.36. The standard InChI is InChI=1S/C15H19N3OS/c1-10-7-8-20-14(10)9-16-15(19)6-5-13-11(2)17-18(4)12(13)3/h5-8H,9H2,1-4H3,(H,16,19)/b6-5-. The lowest BCUT2D eigenvalue weighted by atomic mass is 10.2. The summed E-state index contributed by atoms with van der Waals surface area (Å²) in [4.78, 5) is 13.0. The van der Waals surface area contributed by atoms with Crippen LogP contribution in [0.25, 0.3) is 6.08 Å². The molecule has 0 aliphatic heterocycles. The Balaban J connectivity index is 1.97. The normalized spacial score (nSPS) is 11.2. The molecule has 1 amide bonds. The third-order valence-electron chi connectivity index (χ3n) is 3.36. The summed E-state index contributed by atoms with van der Waals surface area (Å²) < 4.78 is 1.82. The lowest BCUT2D eigenvalue weighted by Crippen LogP contribution is -2.19. The number of nitrogens with one attached hydrogen (secondary N) is 1. The zero-order valence-corrected chi connectivity index (χ0v) is 13.0. The van der Waals surface area contributed by atoms with Crippen molar-refractivity contribution < 1.29 is 4.79 Å². The van der Waals surface area contributed by atoms with Gasteiger partial charge in [-0.1, -0.05) is 0 Å². The molecule has 20 heavy (non-hydrogen) atoms. The number of rotatable bonds is 4. The van der Waals surface area contributed by atoms with Crippen molar-refractivity contribution in [1.29, 1.82) is 0 Å². The Hall–Kier alpha value is -1.88. The Morgan fingerprint density at radius 2 is 2.20 bits per heavy atom. The van der Waals surface area contributed by atoms with Gasteiger partial charge in [-0.25, -0.2) is 0 Å². The molecule has 2 rings (SSSR count). The zero-order chi connectivity index (χ0) is 14.7. The minimum Gasteiger partial charge on any atom is -0.348 e. The number of carbonyl (C=O) groups excluding carboxylic acids is 1. The number of thiophene rings is 1. The van der Waals surface area contributed by atoms with Gasteiger partial charge in [0.2, 0.25) is 5.91 Å². The molecule has 2 heterocycles. The highest BCUT2D eigenvalue weighted by atomic mass is 32.1. The van der Waals surface area contributed by atoms with Gasteiger partial charge in [0, 0.05) is 29.3 Å². The van der Waals surface area contributed by atoms with Crippen LogP contribution < -0.4 is 5.32 Å². The number of hydrogen-bond acceptors (Lipinski definition) is 3. The van der Waals surface area contributed by atoms with Gasteiger partial charge >= 0.3 is 0 Å². The lowest BCUT2D eigenvalue weighted by Gasteiger charge is -2.01. The molecule has 0 aliphatic rings. The molecule has 4 nitrogen and oxygen atoms in total. The SMILES string of the molecule is Cc1ccsc1CNC(=O)/C=C\c1c(C)nn(C)c1C. The molecule has 0 unspecified atom stereocenters. The van der Waals surface area contributed by atoms with Gasteiger partial charge in [-0.05, 0) is 43.9 Å². The Kier molecular flexibility index (Phi) is 4.39. The summed E-state index contributed by atoms with van der Waals surface area (Å²) >= 11 is 1.66. The van der Waals surface area contributed by atoms with Gasteiger partial charge in [0.25, 0.3) is 0 Å². The van der Waals surface area contributed by atoms with Gasteiger partial charge in [0.05, 0.1) is 12.2 Å². The van der Waals surface area contributed by atoms with Crippen LogP contribution >= 0.6 is 11.3 Å². The van der Waals surface area contributed by atoms with E-state index in [1.807, 2.05) is 37.0 Å². The van der Waals surface area contributed by atoms with E-state index in [1.165, 1.54) is 10.4 Å². The molecule has 0 bridgehead atoms. The van der Waals surface area contributed by atoms with E-state index >= 15 is 0 Å². The first-order chi connectivity index (χ1) is 9.49. The second-order valence-corrected chi connectivity index (χ2v) is 5.79. The van der Waals surface area contributed by atoms with Crippen LogP contribution in [-0.4, -0.2) is 15.7 Å². The molecule has 0 fully saturated rings. The lowest BCUT2D eigenvalue weighted by molar-refractivity contribution is -0.116. The van der Waals surface area contributed by atoms with E-state index < -0.39 is 0 Å². The molecule has 0 aromatic carbocycles. The molecule has 0 spiro atoms. The van der Waals surface area contributed by atoms with Crippen LogP contribution in [0.3, 0.4) is 0 Å². The third-order valence-corrected chi connectivity index (χ3v) is 4.38. The van der Waals surface area contributed by atoms with Crippen molar-refractivity contribution >= 4 is 23.3 Å². The number of nitrogens with zero attached hydrogens (tertiary/aromatic N) is 2. The van der Waals surface area contributed by atoms with E-state index in [1.54, 1.807) is 17.4 Å². The predicted molar refractivity (Wildman–Crippen MR) is 82.6 cm³/mol. The van der Waals surface area contributed by atoms with Crippen molar-refractivity contribution in [3.63, 3.8) is 0 Å². The molecule has 1 N–H and O–H groups in total. The number of amides is 1. The number of aryl methyl sites for hydroxylation is 3. The number of aromatic nitrogens is 2. The molecular weight excluding hydrogens is 270 g/mol. The van der Waals surface area contributed by atoms with Gasteiger partial charge in [-0.15, -0.1) is 11.3 Å². The Labute approximate surface area is 123 Å².